The van der Waals surface area contributed by atoms with E-state index in [-0.39, 0.29) is 17.3 Å². The quantitative estimate of drug-likeness (QED) is 0.894. The van der Waals surface area contributed by atoms with Crippen LogP contribution in [0.4, 0.5) is 18.9 Å². The van der Waals surface area contributed by atoms with Crippen LogP contribution in [-0.2, 0) is 16.2 Å². The van der Waals surface area contributed by atoms with Crippen LogP contribution >= 0.6 is 11.6 Å². The number of alkyl halides is 3. The van der Waals surface area contributed by atoms with Gasteiger partial charge in [0.2, 0.25) is 10.0 Å². The van der Waals surface area contributed by atoms with Gasteiger partial charge in [0.05, 0.1) is 22.0 Å². The van der Waals surface area contributed by atoms with Crippen molar-refractivity contribution in [2.45, 2.75) is 6.18 Å². The predicted octanol–water partition coefficient (Wildman–Crippen LogP) is 2.06. The van der Waals surface area contributed by atoms with Crippen molar-refractivity contribution in [1.82, 2.24) is 0 Å². The molecule has 0 bridgehead atoms. The van der Waals surface area contributed by atoms with E-state index in [1.165, 1.54) is 0 Å². The van der Waals surface area contributed by atoms with Crippen molar-refractivity contribution in [2.24, 2.45) is 5.73 Å². The molecule has 0 aliphatic rings. The minimum absolute atomic E-state index is 0.122. The van der Waals surface area contributed by atoms with E-state index in [0.29, 0.717) is 6.07 Å². The van der Waals surface area contributed by atoms with E-state index in [1.54, 1.807) is 0 Å². The topological polar surface area (TPSA) is 72.2 Å². The number of anilines is 1. The Labute approximate surface area is 107 Å². The molecule has 0 aliphatic carbocycles. The molecule has 0 saturated heterocycles. The van der Waals surface area contributed by atoms with Gasteiger partial charge in [-0.05, 0) is 18.2 Å². The van der Waals surface area contributed by atoms with Gasteiger partial charge in [0.25, 0.3) is 0 Å². The summed E-state index contributed by atoms with van der Waals surface area (Å²) >= 11 is 5.63. The molecule has 0 fully saturated rings. The first-order chi connectivity index (χ1) is 8.15. The number of hydrogen-bond donors (Lipinski definition) is 2. The van der Waals surface area contributed by atoms with E-state index < -0.39 is 27.5 Å². The second kappa shape index (κ2) is 5.33. The molecular weight excluding hydrogens is 293 g/mol. The van der Waals surface area contributed by atoms with Gasteiger partial charge >= 0.3 is 6.18 Å². The number of nitrogens with two attached hydrogens (primary N) is 1. The zero-order valence-corrected chi connectivity index (χ0v) is 10.5. The Morgan fingerprint density at radius 1 is 1.33 bits per heavy atom. The molecule has 0 aliphatic heterocycles. The molecule has 0 heterocycles. The van der Waals surface area contributed by atoms with E-state index in [1.807, 2.05) is 4.72 Å². The minimum atomic E-state index is -4.57. The molecule has 0 unspecified atom stereocenters. The first-order valence-corrected chi connectivity index (χ1v) is 6.76. The summed E-state index contributed by atoms with van der Waals surface area (Å²) in [6.45, 7) is -0.147. The Morgan fingerprint density at radius 2 is 1.94 bits per heavy atom. The molecule has 102 valence electrons. The molecule has 9 heteroatoms. The monoisotopic (exact) mass is 302 g/mol. The second-order valence-electron chi connectivity index (χ2n) is 3.40. The number of halogens is 4. The molecule has 0 radical (unpaired) electrons. The molecule has 0 spiro atoms. The van der Waals surface area contributed by atoms with E-state index in [2.05, 4.69) is 0 Å². The van der Waals surface area contributed by atoms with Gasteiger partial charge in [0, 0.05) is 6.54 Å². The maximum Gasteiger partial charge on any atom is 0.416 e. The lowest BCUT2D eigenvalue weighted by molar-refractivity contribution is -0.137. The number of hydrogen-bond acceptors (Lipinski definition) is 3. The maximum absolute atomic E-state index is 12.4. The molecule has 0 amide bonds. The van der Waals surface area contributed by atoms with Crippen LogP contribution in [0.5, 0.6) is 0 Å². The first kappa shape index (κ1) is 15.1. The van der Waals surface area contributed by atoms with Crippen molar-refractivity contribution in [1.29, 1.82) is 0 Å². The average Bonchev–Trinajstić information content (AvgIpc) is 2.19. The van der Waals surface area contributed by atoms with Gasteiger partial charge in [-0.25, -0.2) is 8.42 Å². The molecule has 1 aromatic carbocycles. The molecule has 0 saturated carbocycles. The van der Waals surface area contributed by atoms with Gasteiger partial charge in [-0.3, -0.25) is 4.72 Å². The van der Waals surface area contributed by atoms with Crippen molar-refractivity contribution in [2.75, 3.05) is 17.0 Å². The highest BCUT2D eigenvalue weighted by molar-refractivity contribution is 7.92. The number of benzene rings is 1. The summed E-state index contributed by atoms with van der Waals surface area (Å²) in [7, 11) is -3.80. The number of rotatable bonds is 4. The molecule has 4 nitrogen and oxygen atoms in total. The van der Waals surface area contributed by atoms with Crippen LogP contribution in [0.2, 0.25) is 5.02 Å². The standard InChI is InChI=1S/C9H10ClF3N2O2S/c10-7-2-1-6(9(11,12)13)5-8(7)15-18(16,17)4-3-14/h1-2,5,15H,3-4,14H2. The van der Waals surface area contributed by atoms with E-state index >= 15 is 0 Å². The fourth-order valence-electron chi connectivity index (χ4n) is 1.15. The highest BCUT2D eigenvalue weighted by atomic mass is 35.5. The summed E-state index contributed by atoms with van der Waals surface area (Å²) in [4.78, 5) is 0. The van der Waals surface area contributed by atoms with Crippen LogP contribution < -0.4 is 10.5 Å². The molecule has 1 rings (SSSR count). The van der Waals surface area contributed by atoms with Crippen LogP contribution in [-0.4, -0.2) is 20.7 Å². The zero-order chi connectivity index (χ0) is 14.0. The van der Waals surface area contributed by atoms with Crippen molar-refractivity contribution < 1.29 is 21.6 Å². The highest BCUT2D eigenvalue weighted by Gasteiger charge is 2.31. The lowest BCUT2D eigenvalue weighted by Crippen LogP contribution is -2.22. The number of nitrogens with one attached hydrogen (secondary N) is 1. The van der Waals surface area contributed by atoms with E-state index in [0.717, 1.165) is 12.1 Å². The highest BCUT2D eigenvalue weighted by Crippen LogP contribution is 2.34. The summed E-state index contributed by atoms with van der Waals surface area (Å²) in [5.74, 6) is -0.403. The average molecular weight is 303 g/mol. The predicted molar refractivity (Wildman–Crippen MR) is 62.9 cm³/mol. The first-order valence-electron chi connectivity index (χ1n) is 4.73. The van der Waals surface area contributed by atoms with Gasteiger partial charge in [0.15, 0.2) is 0 Å². The Bertz CT molecular complexity index is 531. The van der Waals surface area contributed by atoms with Crippen molar-refractivity contribution in [3.05, 3.63) is 28.8 Å². The van der Waals surface area contributed by atoms with Crippen LogP contribution in [0.15, 0.2) is 18.2 Å². The van der Waals surface area contributed by atoms with Crippen molar-refractivity contribution in [3.8, 4) is 0 Å². The third-order valence-corrected chi connectivity index (χ3v) is 3.58. The van der Waals surface area contributed by atoms with E-state index in [9.17, 15) is 21.6 Å². The van der Waals surface area contributed by atoms with Crippen LogP contribution in [0.3, 0.4) is 0 Å². The number of sulfonamides is 1. The van der Waals surface area contributed by atoms with Gasteiger partial charge in [-0.1, -0.05) is 11.6 Å². The Morgan fingerprint density at radius 3 is 2.44 bits per heavy atom. The summed E-state index contributed by atoms with van der Waals surface area (Å²) in [5, 5.41) is -0.122. The molecular formula is C9H10ClF3N2O2S. The molecule has 0 aromatic heterocycles. The Kier molecular flexibility index (Phi) is 4.46. The van der Waals surface area contributed by atoms with Crippen LogP contribution in [0, 0.1) is 0 Å². The van der Waals surface area contributed by atoms with Gasteiger partial charge in [-0.15, -0.1) is 0 Å². The SMILES string of the molecule is NCCS(=O)(=O)Nc1cc(C(F)(F)F)ccc1Cl. The lowest BCUT2D eigenvalue weighted by Gasteiger charge is -2.12. The summed E-state index contributed by atoms with van der Waals surface area (Å²) in [6, 6.07) is 2.38. The third kappa shape index (κ3) is 4.04. The maximum atomic E-state index is 12.4. The minimum Gasteiger partial charge on any atom is -0.329 e. The lowest BCUT2D eigenvalue weighted by atomic mass is 10.2. The summed E-state index contributed by atoms with van der Waals surface area (Å²) in [6.07, 6.45) is -4.57. The fraction of sp³-hybridized carbons (Fsp3) is 0.333. The van der Waals surface area contributed by atoms with Crippen LogP contribution in [0.1, 0.15) is 5.56 Å². The van der Waals surface area contributed by atoms with Crippen molar-refractivity contribution >= 4 is 27.3 Å². The van der Waals surface area contributed by atoms with Crippen LogP contribution in [0.25, 0.3) is 0 Å². The Balaban J connectivity index is 3.10. The van der Waals surface area contributed by atoms with Gasteiger partial charge in [-0.2, -0.15) is 13.2 Å². The summed E-state index contributed by atoms with van der Waals surface area (Å²) < 4.78 is 62.0. The molecule has 3 N–H and O–H groups in total. The molecule has 1 aromatic rings. The van der Waals surface area contributed by atoms with E-state index in [4.69, 9.17) is 17.3 Å². The Hall–Kier alpha value is -0.990. The summed E-state index contributed by atoms with van der Waals surface area (Å²) in [5.41, 5.74) is 3.77. The largest absolute Gasteiger partial charge is 0.416 e. The van der Waals surface area contributed by atoms with Gasteiger partial charge < -0.3 is 5.73 Å². The van der Waals surface area contributed by atoms with Crippen molar-refractivity contribution in [3.63, 3.8) is 0 Å². The van der Waals surface area contributed by atoms with Gasteiger partial charge in [0.1, 0.15) is 0 Å². The molecule has 0 atom stereocenters. The molecule has 18 heavy (non-hydrogen) atoms. The zero-order valence-electron chi connectivity index (χ0n) is 8.96. The normalized spacial score (nSPS) is 12.5. The smallest absolute Gasteiger partial charge is 0.329 e. The fourth-order valence-corrected chi connectivity index (χ4v) is 2.29. The third-order valence-electron chi connectivity index (χ3n) is 1.95. The second-order valence-corrected chi connectivity index (χ2v) is 5.65.